The van der Waals surface area contributed by atoms with Gasteiger partial charge in [-0.3, -0.25) is 4.79 Å². The van der Waals surface area contributed by atoms with Crippen LogP contribution in [0.25, 0.3) is 0 Å². The quantitative estimate of drug-likeness (QED) is 0.579. The molecule has 0 saturated carbocycles. The molecule has 1 heterocycles. The minimum absolute atomic E-state index is 0.0259. The third-order valence-corrected chi connectivity index (χ3v) is 5.69. The molecule has 0 bridgehead atoms. The molecule has 1 aliphatic heterocycles. The van der Waals surface area contributed by atoms with Crippen molar-refractivity contribution in [2.75, 3.05) is 32.2 Å². The SMILES string of the molecule is CCOc1cc2c(cc1OCC)[C@@H](CC(=O)OC)N(C(=O)Nc1ccc(C)cc1Cl)CC2. The van der Waals surface area contributed by atoms with E-state index in [1.54, 1.807) is 17.0 Å². The molecular formula is C24H29ClN2O5. The van der Waals surface area contributed by atoms with Crippen molar-refractivity contribution in [1.82, 2.24) is 4.90 Å². The van der Waals surface area contributed by atoms with Gasteiger partial charge in [0, 0.05) is 6.54 Å². The van der Waals surface area contributed by atoms with Gasteiger partial charge in [0.2, 0.25) is 0 Å². The fourth-order valence-corrected chi connectivity index (χ4v) is 4.14. The van der Waals surface area contributed by atoms with Crippen LogP contribution in [0.1, 0.15) is 43.0 Å². The largest absolute Gasteiger partial charge is 0.490 e. The van der Waals surface area contributed by atoms with Gasteiger partial charge in [0.05, 0.1) is 43.5 Å². The summed E-state index contributed by atoms with van der Waals surface area (Å²) < 4.78 is 16.4. The minimum Gasteiger partial charge on any atom is -0.490 e. The summed E-state index contributed by atoms with van der Waals surface area (Å²) in [5.74, 6) is 0.849. The number of halogens is 1. The predicted octanol–water partition coefficient (Wildman–Crippen LogP) is 5.14. The molecule has 172 valence electrons. The van der Waals surface area contributed by atoms with Gasteiger partial charge in [0.15, 0.2) is 11.5 Å². The van der Waals surface area contributed by atoms with Crippen molar-refractivity contribution in [1.29, 1.82) is 0 Å². The molecule has 0 fully saturated rings. The summed E-state index contributed by atoms with van der Waals surface area (Å²) in [4.78, 5) is 27.1. The number of methoxy groups -OCH3 is 1. The lowest BCUT2D eigenvalue weighted by Gasteiger charge is -2.37. The normalized spacial score (nSPS) is 15.0. The Morgan fingerprint density at radius 2 is 1.81 bits per heavy atom. The van der Waals surface area contributed by atoms with E-state index >= 15 is 0 Å². The number of carbonyl (C=O) groups is 2. The number of hydrogen-bond donors (Lipinski definition) is 1. The van der Waals surface area contributed by atoms with Crippen LogP contribution in [0.5, 0.6) is 11.5 Å². The first-order chi connectivity index (χ1) is 15.4. The number of aryl methyl sites for hydroxylation is 1. The molecule has 0 aliphatic carbocycles. The van der Waals surface area contributed by atoms with Crippen molar-refractivity contribution in [3.8, 4) is 11.5 Å². The third-order valence-electron chi connectivity index (χ3n) is 5.38. The van der Waals surface area contributed by atoms with E-state index in [0.29, 0.717) is 48.4 Å². The molecule has 32 heavy (non-hydrogen) atoms. The summed E-state index contributed by atoms with van der Waals surface area (Å²) in [6.45, 7) is 7.15. The molecule has 1 aliphatic rings. The Hall–Kier alpha value is -2.93. The summed E-state index contributed by atoms with van der Waals surface area (Å²) >= 11 is 6.30. The summed E-state index contributed by atoms with van der Waals surface area (Å²) in [5, 5.41) is 3.34. The first-order valence-corrected chi connectivity index (χ1v) is 11.1. The van der Waals surface area contributed by atoms with Gasteiger partial charge in [0.1, 0.15) is 0 Å². The van der Waals surface area contributed by atoms with Gasteiger partial charge >= 0.3 is 12.0 Å². The van der Waals surface area contributed by atoms with E-state index in [4.69, 9.17) is 25.8 Å². The summed E-state index contributed by atoms with van der Waals surface area (Å²) in [7, 11) is 1.34. The number of nitrogens with zero attached hydrogens (tertiary/aromatic N) is 1. The standard InChI is InChI=1S/C24H29ClN2O5/c1-5-31-21-12-16-9-10-27(24(29)26-19-8-7-15(3)11-18(19)25)20(14-23(28)30-4)17(16)13-22(21)32-6-2/h7-8,11-13,20H,5-6,9-10,14H2,1-4H3,(H,26,29)/t20-/m1/s1. The van der Waals surface area contributed by atoms with Gasteiger partial charge in [0.25, 0.3) is 0 Å². The zero-order chi connectivity index (χ0) is 23.3. The van der Waals surface area contributed by atoms with Gasteiger partial charge in [-0.25, -0.2) is 4.79 Å². The van der Waals surface area contributed by atoms with Crippen molar-refractivity contribution in [3.05, 3.63) is 52.0 Å². The van der Waals surface area contributed by atoms with Crippen LogP contribution in [0, 0.1) is 6.92 Å². The Balaban J connectivity index is 1.96. The number of fused-ring (bicyclic) bond motifs is 1. The fraction of sp³-hybridized carbons (Fsp3) is 0.417. The average Bonchev–Trinajstić information content (AvgIpc) is 2.76. The molecule has 0 unspecified atom stereocenters. The maximum atomic E-state index is 13.2. The highest BCUT2D eigenvalue weighted by Crippen LogP contribution is 2.40. The molecule has 0 spiro atoms. The maximum Gasteiger partial charge on any atom is 0.322 e. The van der Waals surface area contributed by atoms with E-state index in [1.165, 1.54) is 7.11 Å². The summed E-state index contributed by atoms with van der Waals surface area (Å²) in [6, 6.07) is 8.41. The summed E-state index contributed by atoms with van der Waals surface area (Å²) in [6.07, 6.45) is 0.645. The van der Waals surface area contributed by atoms with Crippen molar-refractivity contribution >= 4 is 29.3 Å². The second kappa shape index (κ2) is 10.6. The highest BCUT2D eigenvalue weighted by Gasteiger charge is 2.34. The lowest BCUT2D eigenvalue weighted by atomic mass is 9.90. The van der Waals surface area contributed by atoms with E-state index in [0.717, 1.165) is 16.7 Å². The third kappa shape index (κ3) is 5.27. The Kier molecular flexibility index (Phi) is 7.85. The second-order valence-corrected chi connectivity index (χ2v) is 7.92. The number of esters is 1. The van der Waals surface area contributed by atoms with Crippen LogP contribution >= 0.6 is 11.6 Å². The van der Waals surface area contributed by atoms with Crippen LogP contribution < -0.4 is 14.8 Å². The number of nitrogens with one attached hydrogen (secondary N) is 1. The monoisotopic (exact) mass is 460 g/mol. The summed E-state index contributed by atoms with van der Waals surface area (Å²) in [5.41, 5.74) is 3.38. The van der Waals surface area contributed by atoms with Gasteiger partial charge in [-0.15, -0.1) is 0 Å². The minimum atomic E-state index is -0.509. The smallest absolute Gasteiger partial charge is 0.322 e. The predicted molar refractivity (Wildman–Crippen MR) is 124 cm³/mol. The maximum absolute atomic E-state index is 13.2. The lowest BCUT2D eigenvalue weighted by Crippen LogP contribution is -2.43. The first-order valence-electron chi connectivity index (χ1n) is 10.7. The van der Waals surface area contributed by atoms with E-state index in [2.05, 4.69) is 5.32 Å². The number of urea groups is 1. The van der Waals surface area contributed by atoms with Gasteiger partial charge in [-0.1, -0.05) is 17.7 Å². The van der Waals surface area contributed by atoms with Crippen molar-refractivity contribution in [2.24, 2.45) is 0 Å². The molecule has 2 aromatic rings. The molecule has 7 nitrogen and oxygen atoms in total. The van der Waals surface area contributed by atoms with E-state index in [1.807, 2.05) is 39.0 Å². The molecule has 0 saturated heterocycles. The number of ether oxygens (including phenoxy) is 3. The fourth-order valence-electron chi connectivity index (χ4n) is 3.86. The van der Waals surface area contributed by atoms with E-state index in [9.17, 15) is 9.59 Å². The molecular weight excluding hydrogens is 432 g/mol. The van der Waals surface area contributed by atoms with Crippen LogP contribution in [0.15, 0.2) is 30.3 Å². The van der Waals surface area contributed by atoms with Crippen LogP contribution in [0.3, 0.4) is 0 Å². The highest BCUT2D eigenvalue weighted by molar-refractivity contribution is 6.33. The molecule has 0 radical (unpaired) electrons. The molecule has 3 rings (SSSR count). The van der Waals surface area contributed by atoms with Crippen molar-refractivity contribution < 1.29 is 23.8 Å². The van der Waals surface area contributed by atoms with Gasteiger partial charge in [-0.2, -0.15) is 0 Å². The van der Waals surface area contributed by atoms with Gasteiger partial charge in [-0.05, 0) is 68.1 Å². The van der Waals surface area contributed by atoms with Crippen molar-refractivity contribution in [3.63, 3.8) is 0 Å². The van der Waals surface area contributed by atoms with E-state index in [-0.39, 0.29) is 12.5 Å². The number of amides is 2. The van der Waals surface area contributed by atoms with Crippen LogP contribution in [0.2, 0.25) is 5.02 Å². The van der Waals surface area contributed by atoms with E-state index < -0.39 is 12.0 Å². The molecule has 2 aromatic carbocycles. The van der Waals surface area contributed by atoms with Crippen LogP contribution in [-0.2, 0) is 16.0 Å². The number of hydrogen-bond acceptors (Lipinski definition) is 5. The van der Waals surface area contributed by atoms with Crippen LogP contribution in [-0.4, -0.2) is 43.8 Å². The number of rotatable bonds is 7. The topological polar surface area (TPSA) is 77.1 Å². The molecule has 0 aromatic heterocycles. The van der Waals surface area contributed by atoms with Crippen LogP contribution in [0.4, 0.5) is 10.5 Å². The molecule has 2 amide bonds. The number of carbonyl (C=O) groups excluding carboxylic acids is 2. The Bertz CT molecular complexity index is 995. The molecule has 8 heteroatoms. The second-order valence-electron chi connectivity index (χ2n) is 7.52. The molecule has 1 N–H and O–H groups in total. The van der Waals surface area contributed by atoms with Gasteiger partial charge < -0.3 is 24.4 Å². The zero-order valence-electron chi connectivity index (χ0n) is 18.9. The Morgan fingerprint density at radius 1 is 1.12 bits per heavy atom. The molecule has 1 atom stereocenters. The zero-order valence-corrected chi connectivity index (χ0v) is 19.6. The average molecular weight is 461 g/mol. The lowest BCUT2D eigenvalue weighted by molar-refractivity contribution is -0.141. The number of anilines is 1. The first kappa shape index (κ1) is 23.7. The Labute approximate surface area is 193 Å². The highest BCUT2D eigenvalue weighted by atomic mass is 35.5. The Morgan fingerprint density at radius 3 is 2.44 bits per heavy atom. The van der Waals surface area contributed by atoms with Crippen molar-refractivity contribution in [2.45, 2.75) is 39.7 Å². The number of benzene rings is 2.